The summed E-state index contributed by atoms with van der Waals surface area (Å²) < 4.78 is 1.06. The first-order valence-corrected chi connectivity index (χ1v) is 8.38. The molecule has 1 fully saturated rings. The molecule has 0 aliphatic carbocycles. The Labute approximate surface area is 134 Å². The average Bonchev–Trinajstić information content (AvgIpc) is 2.71. The quantitative estimate of drug-likeness (QED) is 0.770. The van der Waals surface area contributed by atoms with Gasteiger partial charge in [-0.3, -0.25) is 9.69 Å². The Balaban J connectivity index is 1.83. The summed E-state index contributed by atoms with van der Waals surface area (Å²) in [4.78, 5) is 16.7. The number of likely N-dealkylation sites (tertiary alicyclic amines) is 1. The molecule has 3 nitrogen and oxygen atoms in total. The van der Waals surface area contributed by atoms with Crippen molar-refractivity contribution in [3.8, 4) is 0 Å². The van der Waals surface area contributed by atoms with Gasteiger partial charge in [-0.15, -0.1) is 11.3 Å². The van der Waals surface area contributed by atoms with E-state index in [1.54, 1.807) is 6.07 Å². The van der Waals surface area contributed by atoms with Crippen molar-refractivity contribution in [3.05, 3.63) is 20.3 Å². The number of Topliss-reactive ketones (excluding diaryl/α,β-unsaturated/α-hetero) is 1. The van der Waals surface area contributed by atoms with Gasteiger partial charge in [-0.2, -0.15) is 0 Å². The van der Waals surface area contributed by atoms with Crippen molar-refractivity contribution in [1.82, 2.24) is 9.80 Å². The molecule has 0 atom stereocenters. The second-order valence-electron chi connectivity index (χ2n) is 5.60. The standard InChI is InChI=1S/C14H20Cl2N2OS/c1-17-5-3-10(4-6-17)8-18(2)9-12(19)11-7-13(15)20-14(11)16/h7,10H,3-6,8-9H2,1-2H3. The van der Waals surface area contributed by atoms with Crippen LogP contribution in [0.25, 0.3) is 0 Å². The van der Waals surface area contributed by atoms with Crippen LogP contribution in [0.5, 0.6) is 0 Å². The summed E-state index contributed by atoms with van der Waals surface area (Å²) in [7, 11) is 4.16. The number of thiophene rings is 1. The van der Waals surface area contributed by atoms with E-state index in [1.807, 2.05) is 7.05 Å². The van der Waals surface area contributed by atoms with Crippen molar-refractivity contribution in [2.24, 2.45) is 5.92 Å². The molecular weight excluding hydrogens is 315 g/mol. The molecule has 0 radical (unpaired) electrons. The Morgan fingerprint density at radius 1 is 1.45 bits per heavy atom. The predicted octanol–water partition coefficient (Wildman–Crippen LogP) is 3.51. The molecule has 0 N–H and O–H groups in total. The summed E-state index contributed by atoms with van der Waals surface area (Å²) in [6.45, 7) is 3.67. The lowest BCUT2D eigenvalue weighted by atomic mass is 9.96. The van der Waals surface area contributed by atoms with E-state index in [4.69, 9.17) is 23.2 Å². The van der Waals surface area contributed by atoms with Gasteiger partial charge in [0.1, 0.15) is 4.34 Å². The van der Waals surface area contributed by atoms with E-state index in [0.29, 0.717) is 26.7 Å². The second-order valence-corrected chi connectivity index (χ2v) is 7.89. The van der Waals surface area contributed by atoms with Crippen LogP contribution in [0.4, 0.5) is 0 Å². The van der Waals surface area contributed by atoms with E-state index in [1.165, 1.54) is 24.2 Å². The minimum atomic E-state index is 0.0496. The summed E-state index contributed by atoms with van der Waals surface area (Å²) in [5, 5.41) is 0. The number of likely N-dealkylation sites (N-methyl/N-ethyl adjacent to an activating group) is 1. The predicted molar refractivity (Wildman–Crippen MR) is 86.4 cm³/mol. The Hall–Kier alpha value is -0.130. The van der Waals surface area contributed by atoms with Crippen LogP contribution in [-0.2, 0) is 0 Å². The molecule has 1 aromatic rings. The molecule has 20 heavy (non-hydrogen) atoms. The topological polar surface area (TPSA) is 23.6 Å². The van der Waals surface area contributed by atoms with Crippen LogP contribution in [0.15, 0.2) is 6.07 Å². The number of carbonyl (C=O) groups excluding carboxylic acids is 1. The third kappa shape index (κ3) is 4.43. The Bertz CT molecular complexity index is 470. The molecule has 1 aliphatic heterocycles. The summed E-state index contributed by atoms with van der Waals surface area (Å²) in [5.74, 6) is 0.735. The van der Waals surface area contributed by atoms with Crippen LogP contribution in [0, 0.1) is 5.92 Å². The highest BCUT2D eigenvalue weighted by Gasteiger charge is 2.20. The largest absolute Gasteiger partial charge is 0.306 e. The fourth-order valence-electron chi connectivity index (χ4n) is 2.61. The van der Waals surface area contributed by atoms with E-state index in [9.17, 15) is 4.79 Å². The molecule has 0 spiro atoms. The maximum atomic E-state index is 12.2. The molecule has 1 saturated heterocycles. The molecule has 0 unspecified atom stereocenters. The number of nitrogens with zero attached hydrogens (tertiary/aromatic N) is 2. The van der Waals surface area contributed by atoms with Gasteiger partial charge < -0.3 is 4.90 Å². The summed E-state index contributed by atoms with van der Waals surface area (Å²) >= 11 is 13.1. The Morgan fingerprint density at radius 2 is 2.10 bits per heavy atom. The first kappa shape index (κ1) is 16.2. The van der Waals surface area contributed by atoms with Gasteiger partial charge in [0.05, 0.1) is 16.4 Å². The highest BCUT2D eigenvalue weighted by Crippen LogP contribution is 2.31. The number of piperidine rings is 1. The minimum Gasteiger partial charge on any atom is -0.306 e. The van der Waals surface area contributed by atoms with E-state index in [-0.39, 0.29) is 5.78 Å². The van der Waals surface area contributed by atoms with Crippen LogP contribution in [0.3, 0.4) is 0 Å². The molecule has 0 bridgehead atoms. The van der Waals surface area contributed by atoms with Crippen LogP contribution < -0.4 is 0 Å². The molecule has 2 heterocycles. The smallest absolute Gasteiger partial charge is 0.179 e. The molecule has 0 saturated carbocycles. The summed E-state index contributed by atoms with van der Waals surface area (Å²) in [5.41, 5.74) is 0.553. The number of hydrogen-bond donors (Lipinski definition) is 0. The Morgan fingerprint density at radius 3 is 2.65 bits per heavy atom. The lowest BCUT2D eigenvalue weighted by Gasteiger charge is -2.31. The zero-order valence-electron chi connectivity index (χ0n) is 11.9. The molecule has 6 heteroatoms. The summed E-state index contributed by atoms with van der Waals surface area (Å²) in [6, 6.07) is 1.67. The fraction of sp³-hybridized carbons (Fsp3) is 0.643. The lowest BCUT2D eigenvalue weighted by molar-refractivity contribution is 0.0925. The molecule has 0 aromatic carbocycles. The number of rotatable bonds is 5. The number of ketones is 1. The van der Waals surface area contributed by atoms with Crippen LogP contribution in [0.2, 0.25) is 8.67 Å². The van der Waals surface area contributed by atoms with Gasteiger partial charge in [-0.1, -0.05) is 23.2 Å². The minimum absolute atomic E-state index is 0.0496. The third-order valence-electron chi connectivity index (χ3n) is 3.78. The van der Waals surface area contributed by atoms with E-state index in [2.05, 4.69) is 16.8 Å². The molecule has 2 rings (SSSR count). The van der Waals surface area contributed by atoms with Crippen molar-refractivity contribution in [1.29, 1.82) is 0 Å². The lowest BCUT2D eigenvalue weighted by Crippen LogP contribution is -2.37. The van der Waals surface area contributed by atoms with Gasteiger partial charge in [-0.05, 0) is 52.0 Å². The SMILES string of the molecule is CN1CCC(CN(C)CC(=O)c2cc(Cl)sc2Cl)CC1. The normalized spacial score (nSPS) is 17.9. The van der Waals surface area contributed by atoms with E-state index < -0.39 is 0 Å². The van der Waals surface area contributed by atoms with E-state index in [0.717, 1.165) is 19.6 Å². The van der Waals surface area contributed by atoms with Crippen LogP contribution in [0.1, 0.15) is 23.2 Å². The monoisotopic (exact) mass is 334 g/mol. The highest BCUT2D eigenvalue weighted by molar-refractivity contribution is 7.20. The first-order valence-electron chi connectivity index (χ1n) is 6.81. The Kier molecular flexibility index (Phi) is 5.87. The van der Waals surface area contributed by atoms with E-state index >= 15 is 0 Å². The van der Waals surface area contributed by atoms with Gasteiger partial charge in [0, 0.05) is 6.54 Å². The van der Waals surface area contributed by atoms with Gasteiger partial charge in [-0.25, -0.2) is 0 Å². The van der Waals surface area contributed by atoms with Crippen LogP contribution >= 0.6 is 34.5 Å². The summed E-state index contributed by atoms with van der Waals surface area (Å²) in [6.07, 6.45) is 2.42. The van der Waals surface area contributed by atoms with Crippen molar-refractivity contribution in [2.45, 2.75) is 12.8 Å². The maximum absolute atomic E-state index is 12.2. The molecule has 1 aromatic heterocycles. The zero-order valence-corrected chi connectivity index (χ0v) is 14.2. The van der Waals surface area contributed by atoms with Crippen molar-refractivity contribution < 1.29 is 4.79 Å². The maximum Gasteiger partial charge on any atom is 0.179 e. The third-order valence-corrected chi connectivity index (χ3v) is 5.27. The molecule has 1 aliphatic rings. The number of hydrogen-bond acceptors (Lipinski definition) is 4. The number of halogens is 2. The molecule has 0 amide bonds. The van der Waals surface area contributed by atoms with Crippen LogP contribution in [-0.4, -0.2) is 55.9 Å². The second kappa shape index (κ2) is 7.23. The first-order chi connectivity index (χ1) is 9.45. The zero-order chi connectivity index (χ0) is 14.7. The molecule has 112 valence electrons. The van der Waals surface area contributed by atoms with Crippen molar-refractivity contribution in [3.63, 3.8) is 0 Å². The van der Waals surface area contributed by atoms with Gasteiger partial charge >= 0.3 is 0 Å². The van der Waals surface area contributed by atoms with Crippen molar-refractivity contribution in [2.75, 3.05) is 40.3 Å². The van der Waals surface area contributed by atoms with Gasteiger partial charge in [0.25, 0.3) is 0 Å². The molecular formula is C14H20Cl2N2OS. The average molecular weight is 335 g/mol. The van der Waals surface area contributed by atoms with Gasteiger partial charge in [0.2, 0.25) is 0 Å². The highest BCUT2D eigenvalue weighted by atomic mass is 35.5. The number of carbonyl (C=O) groups is 1. The fourth-order valence-corrected chi connectivity index (χ4v) is 4.11. The van der Waals surface area contributed by atoms with Gasteiger partial charge in [0.15, 0.2) is 5.78 Å². The van der Waals surface area contributed by atoms with Crippen molar-refractivity contribution >= 4 is 40.3 Å².